The average molecular weight is 330 g/mol. The molecule has 1 N–H and O–H groups in total. The van der Waals surface area contributed by atoms with Crippen molar-refractivity contribution in [1.82, 2.24) is 4.90 Å². The predicted octanol–water partition coefficient (Wildman–Crippen LogP) is 2.15. The van der Waals surface area contributed by atoms with Crippen LogP contribution in [0.1, 0.15) is 13.3 Å². The summed E-state index contributed by atoms with van der Waals surface area (Å²) < 4.78 is 6.29. The lowest BCUT2D eigenvalue weighted by Crippen LogP contribution is -2.36. The molecule has 0 atom stereocenters. The number of carbonyl (C=O) groups excluding carboxylic acids is 1. The molecule has 0 fully saturated rings. The Kier molecular flexibility index (Phi) is 6.35. The molecule has 0 aromatic heterocycles. The molecule has 104 valence electrons. The molecule has 0 unspecified atom stereocenters. The van der Waals surface area contributed by atoms with Gasteiger partial charge in [0.1, 0.15) is 5.75 Å². The maximum atomic E-state index is 11.8. The normalized spacial score (nSPS) is 10.0. The predicted molar refractivity (Wildman–Crippen MR) is 74.1 cm³/mol. The molecule has 19 heavy (non-hydrogen) atoms. The number of carboxylic acids is 1. The topological polar surface area (TPSA) is 66.8 Å². The summed E-state index contributed by atoms with van der Waals surface area (Å²) >= 11 is 3.31. The van der Waals surface area contributed by atoms with Crippen LogP contribution in [0.5, 0.6) is 5.75 Å². The van der Waals surface area contributed by atoms with Crippen LogP contribution in [0.15, 0.2) is 28.7 Å². The Labute approximate surface area is 120 Å². The van der Waals surface area contributed by atoms with Crippen LogP contribution in [0.4, 0.5) is 0 Å². The molecule has 1 aromatic carbocycles. The van der Waals surface area contributed by atoms with Crippen molar-refractivity contribution in [2.45, 2.75) is 13.3 Å². The lowest BCUT2D eigenvalue weighted by Gasteiger charge is -2.20. The molecular formula is C13H16BrNO4. The Balaban J connectivity index is 2.44. The second-order valence-electron chi connectivity index (χ2n) is 3.86. The van der Waals surface area contributed by atoms with Crippen LogP contribution in [0.2, 0.25) is 0 Å². The smallest absolute Gasteiger partial charge is 0.305 e. The van der Waals surface area contributed by atoms with Crippen molar-refractivity contribution in [1.29, 1.82) is 0 Å². The fourth-order valence-corrected chi connectivity index (χ4v) is 1.72. The maximum Gasteiger partial charge on any atom is 0.305 e. The molecule has 0 saturated heterocycles. The highest BCUT2D eigenvalue weighted by Gasteiger charge is 2.13. The third kappa shape index (κ3) is 5.74. The highest BCUT2D eigenvalue weighted by molar-refractivity contribution is 9.10. The first-order valence-electron chi connectivity index (χ1n) is 5.91. The molecule has 1 rings (SSSR count). The highest BCUT2D eigenvalue weighted by atomic mass is 79.9. The molecule has 0 radical (unpaired) electrons. The summed E-state index contributed by atoms with van der Waals surface area (Å²) in [7, 11) is 0. The van der Waals surface area contributed by atoms with E-state index in [2.05, 4.69) is 15.9 Å². The molecule has 1 aromatic rings. The number of aliphatic carboxylic acids is 1. The Morgan fingerprint density at radius 3 is 2.47 bits per heavy atom. The summed E-state index contributed by atoms with van der Waals surface area (Å²) in [4.78, 5) is 23.8. The summed E-state index contributed by atoms with van der Waals surface area (Å²) in [5, 5.41) is 8.60. The van der Waals surface area contributed by atoms with Gasteiger partial charge in [-0.2, -0.15) is 0 Å². The van der Waals surface area contributed by atoms with Gasteiger partial charge in [-0.3, -0.25) is 9.59 Å². The molecule has 5 nitrogen and oxygen atoms in total. The number of rotatable bonds is 7. The van der Waals surface area contributed by atoms with Gasteiger partial charge in [0, 0.05) is 17.6 Å². The van der Waals surface area contributed by atoms with Crippen LogP contribution in [0, 0.1) is 0 Å². The third-order valence-electron chi connectivity index (χ3n) is 2.51. The number of benzene rings is 1. The van der Waals surface area contributed by atoms with E-state index in [0.29, 0.717) is 12.3 Å². The van der Waals surface area contributed by atoms with Crippen molar-refractivity contribution in [2.24, 2.45) is 0 Å². The third-order valence-corrected chi connectivity index (χ3v) is 3.03. The van der Waals surface area contributed by atoms with Gasteiger partial charge in [-0.05, 0) is 31.2 Å². The first-order chi connectivity index (χ1) is 9.02. The van der Waals surface area contributed by atoms with Gasteiger partial charge in [-0.25, -0.2) is 0 Å². The van der Waals surface area contributed by atoms with E-state index in [-0.39, 0.29) is 25.5 Å². The zero-order valence-electron chi connectivity index (χ0n) is 10.6. The summed E-state index contributed by atoms with van der Waals surface area (Å²) in [6.45, 7) is 2.39. The van der Waals surface area contributed by atoms with Gasteiger partial charge in [-0.15, -0.1) is 0 Å². The Morgan fingerprint density at radius 1 is 1.32 bits per heavy atom. The van der Waals surface area contributed by atoms with E-state index >= 15 is 0 Å². The van der Waals surface area contributed by atoms with Crippen LogP contribution in [-0.4, -0.2) is 41.6 Å². The average Bonchev–Trinajstić information content (AvgIpc) is 2.38. The summed E-state index contributed by atoms with van der Waals surface area (Å²) in [6, 6.07) is 7.15. The minimum Gasteiger partial charge on any atom is -0.484 e. The van der Waals surface area contributed by atoms with Crippen LogP contribution >= 0.6 is 15.9 Å². The summed E-state index contributed by atoms with van der Waals surface area (Å²) in [6.07, 6.45) is -0.0577. The Bertz CT molecular complexity index is 433. The van der Waals surface area contributed by atoms with E-state index in [4.69, 9.17) is 9.84 Å². The van der Waals surface area contributed by atoms with Gasteiger partial charge in [-0.1, -0.05) is 15.9 Å². The van der Waals surface area contributed by atoms with Crippen molar-refractivity contribution in [3.63, 3.8) is 0 Å². The van der Waals surface area contributed by atoms with Crippen molar-refractivity contribution >= 4 is 27.8 Å². The number of halogens is 1. The second kappa shape index (κ2) is 7.78. The van der Waals surface area contributed by atoms with E-state index in [9.17, 15) is 9.59 Å². The number of likely N-dealkylation sites (N-methyl/N-ethyl adjacent to an activating group) is 1. The SMILES string of the molecule is CCN(CCC(=O)O)C(=O)COc1ccc(Br)cc1. The lowest BCUT2D eigenvalue weighted by atomic mass is 10.3. The number of amides is 1. The Morgan fingerprint density at radius 2 is 1.95 bits per heavy atom. The van der Waals surface area contributed by atoms with Crippen LogP contribution in [0.25, 0.3) is 0 Å². The first-order valence-corrected chi connectivity index (χ1v) is 6.70. The maximum absolute atomic E-state index is 11.8. The Hall–Kier alpha value is -1.56. The summed E-state index contributed by atoms with van der Waals surface area (Å²) in [5.41, 5.74) is 0. The molecule has 0 bridgehead atoms. The summed E-state index contributed by atoms with van der Waals surface area (Å²) in [5.74, 6) is -0.530. The van der Waals surface area contributed by atoms with Crippen molar-refractivity contribution in [3.8, 4) is 5.75 Å². The van der Waals surface area contributed by atoms with Crippen molar-refractivity contribution in [2.75, 3.05) is 19.7 Å². The minimum absolute atomic E-state index is 0.0577. The van der Waals surface area contributed by atoms with Crippen molar-refractivity contribution in [3.05, 3.63) is 28.7 Å². The number of hydrogen-bond acceptors (Lipinski definition) is 3. The van der Waals surface area contributed by atoms with Crippen molar-refractivity contribution < 1.29 is 19.4 Å². The lowest BCUT2D eigenvalue weighted by molar-refractivity contribution is -0.139. The number of carboxylic acid groups (broad SMARTS) is 1. The minimum atomic E-state index is -0.917. The van der Waals surface area contributed by atoms with E-state index < -0.39 is 5.97 Å². The van der Waals surface area contributed by atoms with Crippen LogP contribution in [0.3, 0.4) is 0 Å². The zero-order chi connectivity index (χ0) is 14.3. The van der Waals surface area contributed by atoms with E-state index in [1.807, 2.05) is 12.1 Å². The number of nitrogens with zero attached hydrogens (tertiary/aromatic N) is 1. The molecule has 0 spiro atoms. The number of ether oxygens (including phenoxy) is 1. The van der Waals surface area contributed by atoms with Crippen LogP contribution in [-0.2, 0) is 9.59 Å². The molecular weight excluding hydrogens is 314 g/mol. The fraction of sp³-hybridized carbons (Fsp3) is 0.385. The fourth-order valence-electron chi connectivity index (χ4n) is 1.46. The number of carbonyl (C=O) groups is 2. The quantitative estimate of drug-likeness (QED) is 0.832. The standard InChI is InChI=1S/C13H16BrNO4/c1-2-15(8-7-13(17)18)12(16)9-19-11-5-3-10(14)4-6-11/h3-6H,2,7-9H2,1H3,(H,17,18). The first kappa shape index (κ1) is 15.5. The van der Waals surface area contributed by atoms with Gasteiger partial charge in [0.15, 0.2) is 6.61 Å². The molecule has 0 saturated carbocycles. The van der Waals surface area contributed by atoms with Gasteiger partial charge in [0.05, 0.1) is 6.42 Å². The van der Waals surface area contributed by atoms with Crippen LogP contribution < -0.4 is 4.74 Å². The van der Waals surface area contributed by atoms with Gasteiger partial charge >= 0.3 is 5.97 Å². The van der Waals surface area contributed by atoms with Gasteiger partial charge in [0.2, 0.25) is 0 Å². The molecule has 0 aliphatic rings. The van der Waals surface area contributed by atoms with E-state index in [1.54, 1.807) is 19.1 Å². The molecule has 0 heterocycles. The van der Waals surface area contributed by atoms with Gasteiger partial charge in [0.25, 0.3) is 5.91 Å². The zero-order valence-corrected chi connectivity index (χ0v) is 12.2. The van der Waals surface area contributed by atoms with Gasteiger partial charge < -0.3 is 14.7 Å². The number of hydrogen-bond donors (Lipinski definition) is 1. The second-order valence-corrected chi connectivity index (χ2v) is 4.78. The molecule has 0 aliphatic carbocycles. The monoisotopic (exact) mass is 329 g/mol. The molecule has 6 heteroatoms. The highest BCUT2D eigenvalue weighted by Crippen LogP contribution is 2.16. The van der Waals surface area contributed by atoms with E-state index in [0.717, 1.165) is 4.47 Å². The largest absolute Gasteiger partial charge is 0.484 e. The van der Waals surface area contributed by atoms with E-state index in [1.165, 1.54) is 4.90 Å². The molecule has 1 amide bonds. The molecule has 0 aliphatic heterocycles.